The van der Waals surface area contributed by atoms with Gasteiger partial charge >= 0.3 is 0 Å². The summed E-state index contributed by atoms with van der Waals surface area (Å²) in [5, 5.41) is 4.45. The fraction of sp³-hybridized carbons (Fsp3) is 0.357. The zero-order valence-electron chi connectivity index (χ0n) is 10.8. The van der Waals surface area contributed by atoms with Gasteiger partial charge in [-0.15, -0.1) is 0 Å². The molecule has 1 heterocycles. The van der Waals surface area contributed by atoms with Crippen molar-refractivity contribution in [2.45, 2.75) is 26.9 Å². The van der Waals surface area contributed by atoms with E-state index >= 15 is 0 Å². The van der Waals surface area contributed by atoms with Crippen LogP contribution in [-0.2, 0) is 7.05 Å². The smallest absolute Gasteiger partial charge is 0.119 e. The van der Waals surface area contributed by atoms with E-state index in [2.05, 4.69) is 11.2 Å². The zero-order chi connectivity index (χ0) is 12.4. The third-order valence-corrected chi connectivity index (χ3v) is 2.64. The highest BCUT2D eigenvalue weighted by Gasteiger charge is 2.04. The first-order chi connectivity index (χ1) is 8.06. The molecule has 3 heteroatoms. The second kappa shape index (κ2) is 4.62. The molecule has 2 rings (SSSR count). The van der Waals surface area contributed by atoms with Gasteiger partial charge in [0.1, 0.15) is 5.75 Å². The van der Waals surface area contributed by atoms with Crippen molar-refractivity contribution in [3.63, 3.8) is 0 Å². The molecule has 0 atom stereocenters. The van der Waals surface area contributed by atoms with Crippen LogP contribution in [0.1, 0.15) is 19.5 Å². The molecule has 0 amide bonds. The highest BCUT2D eigenvalue weighted by molar-refractivity contribution is 5.60. The van der Waals surface area contributed by atoms with E-state index < -0.39 is 0 Å². The van der Waals surface area contributed by atoms with Gasteiger partial charge in [0.25, 0.3) is 0 Å². The summed E-state index contributed by atoms with van der Waals surface area (Å²) in [6, 6.07) is 10.1. The van der Waals surface area contributed by atoms with Crippen LogP contribution in [0.25, 0.3) is 11.3 Å². The average molecular weight is 230 g/mol. The summed E-state index contributed by atoms with van der Waals surface area (Å²) in [6.07, 6.45) is 0.206. The Bertz CT molecular complexity index is 478. The Kier molecular flexibility index (Phi) is 3.18. The molecule has 0 saturated carbocycles. The first kappa shape index (κ1) is 11.7. The lowest BCUT2D eigenvalue weighted by molar-refractivity contribution is 0.242. The van der Waals surface area contributed by atoms with E-state index in [1.165, 1.54) is 0 Å². The minimum atomic E-state index is 0.206. The van der Waals surface area contributed by atoms with Crippen LogP contribution in [0.5, 0.6) is 5.75 Å². The molecule has 1 aromatic heterocycles. The fourth-order valence-corrected chi connectivity index (χ4v) is 1.68. The molecule has 90 valence electrons. The Hall–Kier alpha value is -1.77. The highest BCUT2D eigenvalue weighted by atomic mass is 16.5. The summed E-state index contributed by atoms with van der Waals surface area (Å²) in [7, 11) is 1.95. The molecule has 3 nitrogen and oxygen atoms in total. The van der Waals surface area contributed by atoms with E-state index in [0.29, 0.717) is 0 Å². The monoisotopic (exact) mass is 230 g/mol. The van der Waals surface area contributed by atoms with E-state index in [-0.39, 0.29) is 6.10 Å². The second-order valence-corrected chi connectivity index (χ2v) is 4.49. The average Bonchev–Trinajstić information content (AvgIpc) is 2.59. The molecule has 1 aromatic carbocycles. The van der Waals surface area contributed by atoms with E-state index in [1.807, 2.05) is 56.8 Å². The molecule has 0 saturated heterocycles. The van der Waals surface area contributed by atoms with Crippen molar-refractivity contribution < 1.29 is 4.74 Å². The van der Waals surface area contributed by atoms with Crippen LogP contribution < -0.4 is 4.74 Å². The maximum atomic E-state index is 5.61. The van der Waals surface area contributed by atoms with Crippen molar-refractivity contribution in [1.82, 2.24) is 9.78 Å². The highest BCUT2D eigenvalue weighted by Crippen LogP contribution is 2.22. The first-order valence-electron chi connectivity index (χ1n) is 5.84. The van der Waals surface area contributed by atoms with Crippen LogP contribution in [0.15, 0.2) is 30.3 Å². The fourth-order valence-electron chi connectivity index (χ4n) is 1.68. The first-order valence-corrected chi connectivity index (χ1v) is 5.84. The van der Waals surface area contributed by atoms with Crippen molar-refractivity contribution in [2.75, 3.05) is 0 Å². The molecular formula is C14H18N2O. The molecular weight excluding hydrogens is 212 g/mol. The predicted octanol–water partition coefficient (Wildman–Crippen LogP) is 3.18. The number of ether oxygens (including phenoxy) is 1. The molecule has 0 aliphatic rings. The summed E-state index contributed by atoms with van der Waals surface area (Å²) >= 11 is 0. The number of aromatic nitrogens is 2. The number of aryl methyl sites for hydroxylation is 2. The Morgan fingerprint density at radius 2 is 1.82 bits per heavy atom. The lowest BCUT2D eigenvalue weighted by Crippen LogP contribution is -2.05. The van der Waals surface area contributed by atoms with Gasteiger partial charge in [-0.25, -0.2) is 0 Å². The van der Waals surface area contributed by atoms with Crippen molar-refractivity contribution in [3.05, 3.63) is 36.0 Å². The van der Waals surface area contributed by atoms with Gasteiger partial charge in [0.05, 0.1) is 11.8 Å². The number of nitrogens with zero attached hydrogens (tertiary/aromatic N) is 2. The minimum Gasteiger partial charge on any atom is -0.491 e. The van der Waals surface area contributed by atoms with Gasteiger partial charge in [-0.3, -0.25) is 4.68 Å². The van der Waals surface area contributed by atoms with Crippen molar-refractivity contribution >= 4 is 0 Å². The number of benzene rings is 1. The van der Waals surface area contributed by atoms with E-state index in [9.17, 15) is 0 Å². The number of hydrogen-bond donors (Lipinski definition) is 0. The van der Waals surface area contributed by atoms with Gasteiger partial charge < -0.3 is 4.74 Å². The maximum absolute atomic E-state index is 5.61. The zero-order valence-corrected chi connectivity index (χ0v) is 10.8. The Balaban J connectivity index is 2.23. The lowest BCUT2D eigenvalue weighted by Gasteiger charge is -2.09. The number of hydrogen-bond acceptors (Lipinski definition) is 2. The molecule has 0 N–H and O–H groups in total. The van der Waals surface area contributed by atoms with Crippen molar-refractivity contribution in [3.8, 4) is 17.0 Å². The number of rotatable bonds is 3. The van der Waals surface area contributed by atoms with Crippen LogP contribution in [0, 0.1) is 6.92 Å². The third kappa shape index (κ3) is 2.67. The SMILES string of the molecule is Cc1cc(-c2ccc(OC(C)C)cc2)nn1C. The summed E-state index contributed by atoms with van der Waals surface area (Å²) < 4.78 is 7.49. The molecule has 0 aliphatic carbocycles. The van der Waals surface area contributed by atoms with Gasteiger partial charge in [-0.1, -0.05) is 0 Å². The summed E-state index contributed by atoms with van der Waals surface area (Å²) in [5.74, 6) is 0.899. The largest absolute Gasteiger partial charge is 0.491 e. The van der Waals surface area contributed by atoms with E-state index in [0.717, 1.165) is 22.7 Å². The molecule has 0 spiro atoms. The van der Waals surface area contributed by atoms with Gasteiger partial charge in [0.15, 0.2) is 0 Å². The molecule has 0 radical (unpaired) electrons. The van der Waals surface area contributed by atoms with Gasteiger partial charge in [0.2, 0.25) is 0 Å². The van der Waals surface area contributed by atoms with Crippen LogP contribution >= 0.6 is 0 Å². The van der Waals surface area contributed by atoms with E-state index in [4.69, 9.17) is 4.74 Å². The molecule has 2 aromatic rings. The van der Waals surface area contributed by atoms with Crippen LogP contribution in [0.4, 0.5) is 0 Å². The normalized spacial score (nSPS) is 10.9. The van der Waals surface area contributed by atoms with Gasteiger partial charge in [0, 0.05) is 18.3 Å². The van der Waals surface area contributed by atoms with Gasteiger partial charge in [-0.2, -0.15) is 5.10 Å². The molecule has 0 fully saturated rings. The Morgan fingerprint density at radius 1 is 1.18 bits per heavy atom. The standard InChI is InChI=1S/C14H18N2O/c1-10(2)17-13-7-5-12(6-8-13)14-9-11(3)16(4)15-14/h5-10H,1-4H3. The van der Waals surface area contributed by atoms with Crippen LogP contribution in [-0.4, -0.2) is 15.9 Å². The molecule has 0 unspecified atom stereocenters. The lowest BCUT2D eigenvalue weighted by atomic mass is 10.1. The van der Waals surface area contributed by atoms with Gasteiger partial charge in [-0.05, 0) is 51.1 Å². The van der Waals surface area contributed by atoms with Crippen molar-refractivity contribution in [2.24, 2.45) is 7.05 Å². The van der Waals surface area contributed by atoms with Crippen LogP contribution in [0.3, 0.4) is 0 Å². The molecule has 0 bridgehead atoms. The topological polar surface area (TPSA) is 27.1 Å². The second-order valence-electron chi connectivity index (χ2n) is 4.49. The summed E-state index contributed by atoms with van der Waals surface area (Å²) in [6.45, 7) is 6.10. The Morgan fingerprint density at radius 3 is 2.29 bits per heavy atom. The third-order valence-electron chi connectivity index (χ3n) is 2.64. The van der Waals surface area contributed by atoms with Crippen LogP contribution in [0.2, 0.25) is 0 Å². The molecule has 17 heavy (non-hydrogen) atoms. The molecule has 0 aliphatic heterocycles. The summed E-state index contributed by atoms with van der Waals surface area (Å²) in [5.41, 5.74) is 3.27. The summed E-state index contributed by atoms with van der Waals surface area (Å²) in [4.78, 5) is 0. The maximum Gasteiger partial charge on any atom is 0.119 e. The van der Waals surface area contributed by atoms with E-state index in [1.54, 1.807) is 0 Å². The van der Waals surface area contributed by atoms with Crippen molar-refractivity contribution in [1.29, 1.82) is 0 Å². The predicted molar refractivity (Wildman–Crippen MR) is 69.1 cm³/mol. The Labute approximate surface area is 102 Å². The minimum absolute atomic E-state index is 0.206. The quantitative estimate of drug-likeness (QED) is 0.809.